The van der Waals surface area contributed by atoms with Gasteiger partial charge in [0.15, 0.2) is 17.3 Å². The number of ether oxygens (including phenoxy) is 3. The van der Waals surface area contributed by atoms with E-state index in [0.717, 1.165) is 6.42 Å². The summed E-state index contributed by atoms with van der Waals surface area (Å²) in [4.78, 5) is 11.9. The quantitative estimate of drug-likeness (QED) is 0.565. The van der Waals surface area contributed by atoms with Gasteiger partial charge in [0.2, 0.25) is 0 Å². The molecule has 100 valence electrons. The van der Waals surface area contributed by atoms with Gasteiger partial charge in [0.05, 0.1) is 19.2 Å². The van der Waals surface area contributed by atoms with Gasteiger partial charge >= 0.3 is 0 Å². The van der Waals surface area contributed by atoms with Crippen LogP contribution in [0.4, 0.5) is 0 Å². The van der Waals surface area contributed by atoms with Crippen molar-refractivity contribution in [3.8, 4) is 11.5 Å². The third-order valence-corrected chi connectivity index (χ3v) is 2.62. The summed E-state index contributed by atoms with van der Waals surface area (Å²) in [6, 6.07) is 3.16. The first-order valence-electron chi connectivity index (χ1n) is 5.66. The molecule has 1 rings (SSSR count). The number of benzene rings is 1. The molecule has 0 aliphatic carbocycles. The Hall–Kier alpha value is -1.26. The third-order valence-electron chi connectivity index (χ3n) is 2.34. The van der Waals surface area contributed by atoms with E-state index in [1.165, 1.54) is 14.2 Å². The second-order valence-corrected chi connectivity index (χ2v) is 4.08. The molecule has 0 aromatic heterocycles. The average Bonchev–Trinajstić information content (AvgIpc) is 2.37. The summed E-state index contributed by atoms with van der Waals surface area (Å²) in [5, 5.41) is 0.343. The number of ketones is 1. The van der Waals surface area contributed by atoms with Crippen LogP contribution in [0.3, 0.4) is 0 Å². The van der Waals surface area contributed by atoms with Crippen LogP contribution in [0.5, 0.6) is 11.5 Å². The van der Waals surface area contributed by atoms with Crippen LogP contribution in [-0.2, 0) is 4.74 Å². The molecule has 0 unspecified atom stereocenters. The molecule has 0 aliphatic rings. The number of halogens is 1. The topological polar surface area (TPSA) is 44.8 Å². The maximum atomic E-state index is 11.9. The molecule has 0 saturated carbocycles. The normalized spacial score (nSPS) is 10.2. The number of carbonyl (C=O) groups is 1. The third kappa shape index (κ3) is 3.62. The van der Waals surface area contributed by atoms with Crippen LogP contribution in [0.1, 0.15) is 23.7 Å². The van der Waals surface area contributed by atoms with E-state index in [0.29, 0.717) is 28.7 Å². The smallest absolute Gasteiger partial charge is 0.188 e. The van der Waals surface area contributed by atoms with Gasteiger partial charge in [0, 0.05) is 12.2 Å². The monoisotopic (exact) mass is 272 g/mol. The number of methoxy groups -OCH3 is 2. The van der Waals surface area contributed by atoms with Crippen LogP contribution in [0.25, 0.3) is 0 Å². The SMILES string of the molecule is CCCOCC(=O)c1cc(Cl)c(OC)c(OC)c1. The van der Waals surface area contributed by atoms with Gasteiger partial charge in [-0.1, -0.05) is 18.5 Å². The van der Waals surface area contributed by atoms with E-state index >= 15 is 0 Å². The summed E-state index contributed by atoms with van der Waals surface area (Å²) in [5.41, 5.74) is 0.453. The van der Waals surface area contributed by atoms with Crippen molar-refractivity contribution in [2.24, 2.45) is 0 Å². The first-order valence-corrected chi connectivity index (χ1v) is 6.04. The molecular formula is C13H17ClO4. The van der Waals surface area contributed by atoms with Crippen LogP contribution in [0.15, 0.2) is 12.1 Å². The molecule has 18 heavy (non-hydrogen) atoms. The fourth-order valence-corrected chi connectivity index (χ4v) is 1.76. The first kappa shape index (κ1) is 14.8. The summed E-state index contributed by atoms with van der Waals surface area (Å²) in [6.07, 6.45) is 0.875. The lowest BCUT2D eigenvalue weighted by Gasteiger charge is -2.11. The fraction of sp³-hybridized carbons (Fsp3) is 0.462. The van der Waals surface area contributed by atoms with E-state index in [-0.39, 0.29) is 12.4 Å². The molecule has 1 aromatic carbocycles. The molecule has 0 fully saturated rings. The summed E-state index contributed by atoms with van der Waals surface area (Å²) < 4.78 is 15.4. The summed E-state index contributed by atoms with van der Waals surface area (Å²) in [7, 11) is 2.99. The van der Waals surface area contributed by atoms with Crippen molar-refractivity contribution in [2.45, 2.75) is 13.3 Å². The largest absolute Gasteiger partial charge is 0.493 e. The minimum atomic E-state index is -0.133. The van der Waals surface area contributed by atoms with E-state index in [4.69, 9.17) is 25.8 Å². The average molecular weight is 273 g/mol. The summed E-state index contributed by atoms with van der Waals surface area (Å²) >= 11 is 6.02. The number of carbonyl (C=O) groups excluding carboxylic acids is 1. The minimum Gasteiger partial charge on any atom is -0.493 e. The Bertz CT molecular complexity index is 418. The van der Waals surface area contributed by atoms with Crippen molar-refractivity contribution in [3.05, 3.63) is 22.7 Å². The highest BCUT2D eigenvalue weighted by Crippen LogP contribution is 2.36. The van der Waals surface area contributed by atoms with Crippen molar-refractivity contribution in [2.75, 3.05) is 27.4 Å². The molecular weight excluding hydrogens is 256 g/mol. The molecule has 0 spiro atoms. The van der Waals surface area contributed by atoms with Crippen LogP contribution in [-0.4, -0.2) is 33.2 Å². The van der Waals surface area contributed by atoms with Crippen molar-refractivity contribution >= 4 is 17.4 Å². The zero-order chi connectivity index (χ0) is 13.5. The van der Waals surface area contributed by atoms with Crippen LogP contribution in [0.2, 0.25) is 5.02 Å². The van der Waals surface area contributed by atoms with E-state index in [9.17, 15) is 4.79 Å². The molecule has 0 aliphatic heterocycles. The Labute approximate surface area is 112 Å². The van der Waals surface area contributed by atoms with Gasteiger partial charge in [-0.3, -0.25) is 4.79 Å². The van der Waals surface area contributed by atoms with Gasteiger partial charge in [-0.2, -0.15) is 0 Å². The number of rotatable bonds is 7. The Morgan fingerprint density at radius 1 is 1.28 bits per heavy atom. The minimum absolute atomic E-state index is 0.0413. The Balaban J connectivity index is 2.90. The Morgan fingerprint density at radius 2 is 2.00 bits per heavy atom. The summed E-state index contributed by atoms with van der Waals surface area (Å²) in [5.74, 6) is 0.723. The first-order chi connectivity index (χ1) is 8.63. The highest BCUT2D eigenvalue weighted by molar-refractivity contribution is 6.32. The lowest BCUT2D eigenvalue weighted by Crippen LogP contribution is -2.10. The molecule has 0 amide bonds. The van der Waals surface area contributed by atoms with Gasteiger partial charge in [-0.15, -0.1) is 0 Å². The van der Waals surface area contributed by atoms with Crippen LogP contribution in [0, 0.1) is 0 Å². The predicted octanol–water partition coefficient (Wildman–Crippen LogP) is 2.97. The molecule has 4 nitrogen and oxygen atoms in total. The van der Waals surface area contributed by atoms with Crippen molar-refractivity contribution in [1.29, 1.82) is 0 Å². The maximum absolute atomic E-state index is 11.9. The number of hydrogen-bond donors (Lipinski definition) is 0. The Kier molecular flexibility index (Phi) is 5.95. The van der Waals surface area contributed by atoms with E-state index in [1.807, 2.05) is 6.92 Å². The van der Waals surface area contributed by atoms with Gasteiger partial charge in [0.1, 0.15) is 6.61 Å². The standard InChI is InChI=1S/C13H17ClO4/c1-4-5-18-8-11(15)9-6-10(14)13(17-3)12(7-9)16-2/h6-7H,4-5,8H2,1-3H3. The van der Waals surface area contributed by atoms with E-state index in [2.05, 4.69) is 0 Å². The molecule has 5 heteroatoms. The van der Waals surface area contributed by atoms with Crippen LogP contribution < -0.4 is 9.47 Å². The maximum Gasteiger partial charge on any atom is 0.188 e. The molecule has 0 atom stereocenters. The lowest BCUT2D eigenvalue weighted by molar-refractivity contribution is 0.0761. The Morgan fingerprint density at radius 3 is 2.56 bits per heavy atom. The van der Waals surface area contributed by atoms with Gasteiger partial charge in [-0.05, 0) is 18.6 Å². The van der Waals surface area contributed by atoms with Crippen molar-refractivity contribution in [3.63, 3.8) is 0 Å². The molecule has 0 N–H and O–H groups in total. The number of hydrogen-bond acceptors (Lipinski definition) is 4. The lowest BCUT2D eigenvalue weighted by atomic mass is 10.1. The molecule has 0 radical (unpaired) electrons. The van der Waals surface area contributed by atoms with Gasteiger partial charge < -0.3 is 14.2 Å². The predicted molar refractivity (Wildman–Crippen MR) is 70.0 cm³/mol. The van der Waals surface area contributed by atoms with Crippen molar-refractivity contribution in [1.82, 2.24) is 0 Å². The molecule has 0 saturated heterocycles. The van der Waals surface area contributed by atoms with Gasteiger partial charge in [0.25, 0.3) is 0 Å². The molecule has 1 aromatic rings. The van der Waals surface area contributed by atoms with Crippen LogP contribution >= 0.6 is 11.6 Å². The zero-order valence-corrected chi connectivity index (χ0v) is 11.5. The molecule has 0 heterocycles. The second kappa shape index (κ2) is 7.24. The van der Waals surface area contributed by atoms with Gasteiger partial charge in [-0.25, -0.2) is 0 Å². The highest BCUT2D eigenvalue weighted by Gasteiger charge is 2.15. The second-order valence-electron chi connectivity index (χ2n) is 3.67. The number of Topliss-reactive ketones (excluding diaryl/α,β-unsaturated/α-hetero) is 1. The highest BCUT2D eigenvalue weighted by atomic mass is 35.5. The molecule has 0 bridgehead atoms. The van der Waals surface area contributed by atoms with E-state index in [1.54, 1.807) is 12.1 Å². The summed E-state index contributed by atoms with van der Waals surface area (Å²) in [6.45, 7) is 2.59. The fourth-order valence-electron chi connectivity index (χ4n) is 1.47. The zero-order valence-electron chi connectivity index (χ0n) is 10.8. The van der Waals surface area contributed by atoms with E-state index < -0.39 is 0 Å². The van der Waals surface area contributed by atoms with Crippen molar-refractivity contribution < 1.29 is 19.0 Å².